The van der Waals surface area contributed by atoms with Crippen LogP contribution in [0.2, 0.25) is 0 Å². The van der Waals surface area contributed by atoms with Crippen LogP contribution < -0.4 is 10.5 Å². The molecule has 0 spiro atoms. The first-order valence-corrected chi connectivity index (χ1v) is 7.79. The summed E-state index contributed by atoms with van der Waals surface area (Å²) in [6.07, 6.45) is 3.64. The van der Waals surface area contributed by atoms with Gasteiger partial charge in [0.25, 0.3) is 5.89 Å². The number of ether oxygens (including phenoxy) is 1. The van der Waals surface area contributed by atoms with Crippen molar-refractivity contribution >= 4 is 17.4 Å². The Morgan fingerprint density at radius 2 is 2.25 bits per heavy atom. The number of hydrogen-bond acceptors (Lipinski definition) is 6. The van der Waals surface area contributed by atoms with Gasteiger partial charge in [-0.3, -0.25) is 0 Å². The van der Waals surface area contributed by atoms with E-state index in [-0.39, 0.29) is 6.61 Å². The van der Waals surface area contributed by atoms with Crippen molar-refractivity contribution in [3.8, 4) is 5.75 Å². The summed E-state index contributed by atoms with van der Waals surface area (Å²) in [5, 5.41) is 4.42. The fourth-order valence-electron chi connectivity index (χ4n) is 2.15. The summed E-state index contributed by atoms with van der Waals surface area (Å²) in [5.41, 5.74) is 6.42. The van der Waals surface area contributed by atoms with Crippen molar-refractivity contribution in [2.75, 3.05) is 11.5 Å². The van der Waals surface area contributed by atoms with Crippen molar-refractivity contribution in [1.82, 2.24) is 10.1 Å². The lowest BCUT2D eigenvalue weighted by Gasteiger charge is -2.17. The van der Waals surface area contributed by atoms with E-state index in [1.165, 1.54) is 18.6 Å². The summed E-state index contributed by atoms with van der Waals surface area (Å²) in [7, 11) is 0. The number of nitrogens with zero attached hydrogens (tertiary/aromatic N) is 2. The minimum absolute atomic E-state index is 0.249. The van der Waals surface area contributed by atoms with Gasteiger partial charge in [0.15, 0.2) is 12.4 Å². The van der Waals surface area contributed by atoms with Crippen molar-refractivity contribution in [2.24, 2.45) is 0 Å². The van der Waals surface area contributed by atoms with E-state index in [2.05, 4.69) is 10.1 Å². The number of benzene rings is 1. The van der Waals surface area contributed by atoms with Crippen LogP contribution in [0.15, 0.2) is 28.8 Å². The van der Waals surface area contributed by atoms with E-state index < -0.39 is 0 Å². The van der Waals surface area contributed by atoms with Crippen LogP contribution in [0.1, 0.15) is 36.2 Å². The smallest absolute Gasteiger partial charge is 0.264 e. The number of hydrogen-bond donors (Lipinski definition) is 1. The molecule has 1 aliphatic rings. The first-order chi connectivity index (χ1) is 9.83. The second kappa shape index (κ2) is 6.17. The lowest BCUT2D eigenvalue weighted by atomic mass is 10.2. The molecule has 2 aromatic rings. The van der Waals surface area contributed by atoms with E-state index in [1.807, 2.05) is 30.0 Å². The van der Waals surface area contributed by atoms with Gasteiger partial charge in [-0.15, -0.1) is 0 Å². The normalized spacial score (nSPS) is 18.9. The first-order valence-electron chi connectivity index (χ1n) is 6.74. The summed E-state index contributed by atoms with van der Waals surface area (Å²) in [6, 6.07) is 7.37. The molecule has 20 heavy (non-hydrogen) atoms. The third kappa shape index (κ3) is 3.07. The molecule has 5 nitrogen and oxygen atoms in total. The van der Waals surface area contributed by atoms with Gasteiger partial charge in [-0.25, -0.2) is 0 Å². The van der Waals surface area contributed by atoms with Crippen molar-refractivity contribution in [1.29, 1.82) is 0 Å². The lowest BCUT2D eigenvalue weighted by Crippen LogP contribution is -2.04. The number of thioether (sulfide) groups is 1. The van der Waals surface area contributed by atoms with E-state index in [9.17, 15) is 0 Å². The number of anilines is 1. The predicted octanol–water partition coefficient (Wildman–Crippen LogP) is 3.19. The van der Waals surface area contributed by atoms with Gasteiger partial charge in [0.1, 0.15) is 5.75 Å². The van der Waals surface area contributed by atoms with Gasteiger partial charge in [-0.2, -0.15) is 16.7 Å². The predicted molar refractivity (Wildman–Crippen MR) is 78.5 cm³/mol. The monoisotopic (exact) mass is 291 g/mol. The summed E-state index contributed by atoms with van der Waals surface area (Å²) in [4.78, 5) is 4.41. The maximum atomic E-state index is 5.81. The fraction of sp³-hybridized carbons (Fsp3) is 0.429. The molecule has 106 valence electrons. The van der Waals surface area contributed by atoms with E-state index in [0.29, 0.717) is 22.6 Å². The Morgan fingerprint density at radius 1 is 1.35 bits per heavy atom. The van der Waals surface area contributed by atoms with Gasteiger partial charge in [0, 0.05) is 0 Å². The minimum atomic E-state index is 0.249. The van der Waals surface area contributed by atoms with Crippen molar-refractivity contribution in [2.45, 2.75) is 31.1 Å². The molecular weight excluding hydrogens is 274 g/mol. The van der Waals surface area contributed by atoms with Crippen molar-refractivity contribution in [3.05, 3.63) is 36.0 Å². The van der Waals surface area contributed by atoms with Gasteiger partial charge < -0.3 is 15.0 Å². The standard InChI is InChI=1S/C14H17N3O2S/c15-10-5-1-2-6-11(10)18-9-13-16-14(17-19-13)12-7-3-4-8-20-12/h1-2,5-6,12H,3-4,7-9,15H2. The second-order valence-corrected chi connectivity index (χ2v) is 6.04. The van der Waals surface area contributed by atoms with Crippen LogP contribution in [0.4, 0.5) is 5.69 Å². The number of aromatic nitrogens is 2. The number of nitrogen functional groups attached to an aromatic ring is 1. The van der Waals surface area contributed by atoms with E-state index in [0.717, 1.165) is 12.2 Å². The van der Waals surface area contributed by atoms with E-state index >= 15 is 0 Å². The molecule has 0 bridgehead atoms. The zero-order chi connectivity index (χ0) is 13.8. The summed E-state index contributed by atoms with van der Waals surface area (Å²) in [6.45, 7) is 0.249. The van der Waals surface area contributed by atoms with E-state index in [1.54, 1.807) is 6.07 Å². The number of para-hydroxylation sites is 2. The third-order valence-corrected chi connectivity index (χ3v) is 4.59. The molecule has 2 heterocycles. The largest absolute Gasteiger partial charge is 0.482 e. The highest BCUT2D eigenvalue weighted by Gasteiger charge is 2.21. The Morgan fingerprint density at radius 3 is 3.05 bits per heavy atom. The maximum absolute atomic E-state index is 5.81. The van der Waals surface area contributed by atoms with Crippen molar-refractivity contribution < 1.29 is 9.26 Å². The van der Waals surface area contributed by atoms with Crippen LogP contribution in [-0.2, 0) is 6.61 Å². The number of nitrogens with two attached hydrogens (primary N) is 1. The van der Waals surface area contributed by atoms with Crippen LogP contribution in [0, 0.1) is 0 Å². The van der Waals surface area contributed by atoms with Gasteiger partial charge >= 0.3 is 0 Å². The van der Waals surface area contributed by atoms with Crippen LogP contribution in [0.5, 0.6) is 5.75 Å². The van der Waals surface area contributed by atoms with Crippen LogP contribution in [0.25, 0.3) is 0 Å². The highest BCUT2D eigenvalue weighted by atomic mass is 32.2. The number of rotatable bonds is 4. The molecule has 0 amide bonds. The maximum Gasteiger partial charge on any atom is 0.264 e. The summed E-state index contributed by atoms with van der Waals surface area (Å²) < 4.78 is 10.8. The van der Waals surface area contributed by atoms with Gasteiger partial charge in [0.2, 0.25) is 0 Å². The third-order valence-electron chi connectivity index (χ3n) is 3.22. The fourth-order valence-corrected chi connectivity index (χ4v) is 3.39. The SMILES string of the molecule is Nc1ccccc1OCc1nc(C2CCCCS2)no1. The summed E-state index contributed by atoms with van der Waals surface area (Å²) >= 11 is 1.90. The average Bonchev–Trinajstić information content (AvgIpc) is 2.96. The first kappa shape index (κ1) is 13.3. The van der Waals surface area contributed by atoms with Gasteiger partial charge in [0.05, 0.1) is 10.9 Å². The van der Waals surface area contributed by atoms with Gasteiger partial charge in [-0.05, 0) is 30.7 Å². The zero-order valence-electron chi connectivity index (χ0n) is 11.1. The van der Waals surface area contributed by atoms with Crippen molar-refractivity contribution in [3.63, 3.8) is 0 Å². The molecule has 1 fully saturated rings. The molecule has 0 radical (unpaired) electrons. The van der Waals surface area contributed by atoms with E-state index in [4.69, 9.17) is 15.0 Å². The Kier molecular flexibility index (Phi) is 4.11. The minimum Gasteiger partial charge on any atom is -0.482 e. The molecule has 6 heteroatoms. The molecule has 1 unspecified atom stereocenters. The molecule has 1 saturated heterocycles. The Balaban J connectivity index is 1.61. The van der Waals surface area contributed by atoms with Crippen LogP contribution >= 0.6 is 11.8 Å². The molecule has 0 aliphatic carbocycles. The lowest BCUT2D eigenvalue weighted by molar-refractivity contribution is 0.243. The Labute approximate surface area is 121 Å². The summed E-state index contributed by atoms with van der Waals surface area (Å²) in [5.74, 6) is 3.09. The topological polar surface area (TPSA) is 74.2 Å². The Hall–Kier alpha value is -1.69. The molecule has 1 aromatic carbocycles. The zero-order valence-corrected chi connectivity index (χ0v) is 11.9. The molecule has 1 aromatic heterocycles. The van der Waals surface area contributed by atoms with Gasteiger partial charge in [-0.1, -0.05) is 23.7 Å². The Bertz CT molecular complexity index is 567. The molecule has 1 aliphatic heterocycles. The van der Waals surface area contributed by atoms with Crippen LogP contribution in [0.3, 0.4) is 0 Å². The quantitative estimate of drug-likeness (QED) is 0.872. The van der Waals surface area contributed by atoms with Crippen LogP contribution in [-0.4, -0.2) is 15.9 Å². The molecule has 0 saturated carbocycles. The second-order valence-electron chi connectivity index (χ2n) is 4.73. The molecule has 1 atom stereocenters. The average molecular weight is 291 g/mol. The highest BCUT2D eigenvalue weighted by molar-refractivity contribution is 7.99. The highest BCUT2D eigenvalue weighted by Crippen LogP contribution is 2.36. The molecule has 2 N–H and O–H groups in total. The molecule has 3 rings (SSSR count). The molecular formula is C14H17N3O2S.